The van der Waals surface area contributed by atoms with Crippen LogP contribution in [0.3, 0.4) is 0 Å². The second kappa shape index (κ2) is 34.7. The van der Waals surface area contributed by atoms with Crippen LogP contribution in [0.5, 0.6) is 0 Å². The Kier molecular flexibility index (Phi) is 42.4. The lowest BCUT2D eigenvalue weighted by atomic mass is 9.87. The van der Waals surface area contributed by atoms with Crippen LogP contribution < -0.4 is 0 Å². The van der Waals surface area contributed by atoms with Crippen molar-refractivity contribution in [3.05, 3.63) is 142 Å². The quantitative estimate of drug-likeness (QED) is 0.0877. The van der Waals surface area contributed by atoms with Gasteiger partial charge in [-0.2, -0.15) is 0 Å². The molecule has 0 aromatic heterocycles. The molecular weight excluding hydrogens is 671 g/mol. The predicted molar refractivity (Wildman–Crippen MR) is 231 cm³/mol. The Morgan fingerprint density at radius 2 is 0.863 bits per heavy atom. The van der Waals surface area contributed by atoms with Crippen LogP contribution in [-0.2, 0) is 25.2 Å². The third-order valence-corrected chi connectivity index (χ3v) is 8.47. The average molecular weight is 746 g/mol. The van der Waals surface area contributed by atoms with Crippen molar-refractivity contribution in [3.63, 3.8) is 0 Å². The average Bonchev–Trinajstić information content (AvgIpc) is 2.99. The summed E-state index contributed by atoms with van der Waals surface area (Å²) in [6.45, 7) is 19.2. The molecule has 0 bridgehead atoms. The summed E-state index contributed by atoms with van der Waals surface area (Å²) in [6.07, 6.45) is 0. The molecule has 0 heterocycles. The Hall–Kier alpha value is -3.75. The topological polar surface area (TPSA) is 92.5 Å². The van der Waals surface area contributed by atoms with E-state index in [0.717, 1.165) is 5.92 Å². The standard InChI is InChI=1S/C22H23S.C9H12.C4H10.C2H6O2Si.6CH4.NO3/c1-22(2,3)18-14-16-21(17-15-18)23(19-10-6-4-7-11-19)20-12-8-5-9-13-20;1-8(2)9-6-4-3-5-7-9;1-4(2)3;1-4-5(2)3;;;;;;;2-1(3)4/h4-17H,1-3H3;3-8H,1-2H3;4H,1-3H3;1-2H3;6*1H4;/q+1;;;;;;;;;;-1. The van der Waals surface area contributed by atoms with E-state index in [1.54, 1.807) is 6.55 Å². The molecule has 0 N–H and O–H groups in total. The van der Waals surface area contributed by atoms with Gasteiger partial charge in [-0.3, -0.25) is 0 Å². The van der Waals surface area contributed by atoms with Crippen LogP contribution in [0.25, 0.3) is 0 Å². The van der Waals surface area contributed by atoms with Crippen molar-refractivity contribution in [1.29, 1.82) is 0 Å². The van der Waals surface area contributed by atoms with E-state index in [2.05, 4.69) is 169 Å². The normalized spacial score (nSPS) is 8.88. The zero-order valence-corrected chi connectivity index (χ0v) is 30.3. The summed E-state index contributed by atoms with van der Waals surface area (Å²) < 4.78 is 14.1. The van der Waals surface area contributed by atoms with Crippen LogP contribution in [0, 0.1) is 21.2 Å². The second-order valence-electron chi connectivity index (χ2n) is 11.9. The maximum Gasteiger partial charge on any atom is 0.498 e. The van der Waals surface area contributed by atoms with Crippen molar-refractivity contribution in [2.24, 2.45) is 5.92 Å². The smallest absolute Gasteiger partial charge is 0.498 e. The van der Waals surface area contributed by atoms with E-state index < -0.39 is 14.0 Å². The molecule has 0 aliphatic rings. The summed E-state index contributed by atoms with van der Waals surface area (Å²) in [6, 6.07) is 41.3. The summed E-state index contributed by atoms with van der Waals surface area (Å²) in [7, 11) is -0.242. The van der Waals surface area contributed by atoms with Gasteiger partial charge < -0.3 is 24.2 Å². The summed E-state index contributed by atoms with van der Waals surface area (Å²) in [4.78, 5) is 12.3. The van der Waals surface area contributed by atoms with Gasteiger partial charge in [0.15, 0.2) is 14.7 Å². The van der Waals surface area contributed by atoms with Crippen LogP contribution in [0.15, 0.2) is 130 Å². The molecule has 0 saturated carbocycles. The fourth-order valence-corrected chi connectivity index (χ4v) is 5.53. The number of hydrogen-bond donors (Lipinski definition) is 0. The lowest BCUT2D eigenvalue weighted by Gasteiger charge is -2.19. The van der Waals surface area contributed by atoms with E-state index in [-0.39, 0.29) is 60.9 Å². The van der Waals surface area contributed by atoms with Gasteiger partial charge in [0.2, 0.25) is 0 Å². The van der Waals surface area contributed by atoms with Gasteiger partial charge in [0.25, 0.3) is 0 Å². The second-order valence-corrected chi connectivity index (χ2v) is 15.3. The lowest BCUT2D eigenvalue weighted by Crippen LogP contribution is -2.11. The van der Waals surface area contributed by atoms with E-state index in [1.165, 1.54) is 32.9 Å². The molecule has 51 heavy (non-hydrogen) atoms. The molecule has 292 valence electrons. The molecule has 0 aliphatic carbocycles. The number of hydrogen-bond acceptors (Lipinski definition) is 5. The molecule has 0 aliphatic heterocycles. The Balaban J connectivity index is -0.000000116. The molecular formula is C43H75NO5SSi. The molecule has 6 nitrogen and oxygen atoms in total. The Bertz CT molecular complexity index is 1280. The summed E-state index contributed by atoms with van der Waals surface area (Å²) in [5.41, 5.74) is 2.99. The van der Waals surface area contributed by atoms with Gasteiger partial charge in [0, 0.05) is 6.55 Å². The van der Waals surface area contributed by atoms with E-state index in [1.807, 2.05) is 6.07 Å². The van der Waals surface area contributed by atoms with E-state index in [9.17, 15) is 4.46 Å². The van der Waals surface area contributed by atoms with E-state index in [0.29, 0.717) is 5.92 Å². The minimum Gasteiger partial charge on any atom is -0.527 e. The highest BCUT2D eigenvalue weighted by Crippen LogP contribution is 2.32. The first-order valence-electron chi connectivity index (χ1n) is 15.0. The maximum atomic E-state index is 9.78. The van der Waals surface area contributed by atoms with Crippen LogP contribution in [0.4, 0.5) is 0 Å². The molecule has 4 aromatic rings. The van der Waals surface area contributed by atoms with Gasteiger partial charge in [-0.1, -0.05) is 179 Å². The molecule has 8 heteroatoms. The highest BCUT2D eigenvalue weighted by Gasteiger charge is 2.28. The Morgan fingerprint density at radius 3 is 1.08 bits per heavy atom. The van der Waals surface area contributed by atoms with Crippen molar-refractivity contribution >= 4 is 19.8 Å². The molecule has 0 unspecified atom stereocenters. The molecule has 0 atom stereocenters. The first kappa shape index (κ1) is 62.4. The van der Waals surface area contributed by atoms with Crippen molar-refractivity contribution in [1.82, 2.24) is 0 Å². The largest absolute Gasteiger partial charge is 0.527 e. The fourth-order valence-electron chi connectivity index (χ4n) is 3.45. The van der Waals surface area contributed by atoms with Crippen molar-refractivity contribution in [2.75, 3.05) is 7.11 Å². The third-order valence-electron chi connectivity index (χ3n) is 5.67. The summed E-state index contributed by atoms with van der Waals surface area (Å²) in [5.74, 6) is 1.49. The van der Waals surface area contributed by atoms with Gasteiger partial charge in [-0.15, -0.1) is 0 Å². The van der Waals surface area contributed by atoms with Crippen molar-refractivity contribution < 1.29 is 14.0 Å². The molecule has 0 radical (unpaired) electrons. The highest BCUT2D eigenvalue weighted by molar-refractivity contribution is 7.97. The Labute approximate surface area is 320 Å². The predicted octanol–water partition coefficient (Wildman–Crippen LogP) is 14.3. The summed E-state index contributed by atoms with van der Waals surface area (Å²) >= 11 is 0. The fraction of sp³-hybridized carbons (Fsp3) is 0.442. The number of nitrogens with zero attached hydrogens (tertiary/aromatic N) is 1. The van der Waals surface area contributed by atoms with Crippen molar-refractivity contribution in [2.45, 2.75) is 133 Å². The molecule has 4 rings (SSSR count). The minimum absolute atomic E-state index is 0. The van der Waals surface area contributed by atoms with Gasteiger partial charge in [-0.05, 0) is 64.8 Å². The number of benzene rings is 4. The van der Waals surface area contributed by atoms with Gasteiger partial charge in [0.05, 0.1) is 23.1 Å². The van der Waals surface area contributed by atoms with Crippen LogP contribution in [0.1, 0.15) is 117 Å². The van der Waals surface area contributed by atoms with E-state index in [4.69, 9.17) is 15.3 Å². The van der Waals surface area contributed by atoms with Gasteiger partial charge in [-0.25, -0.2) is 0 Å². The van der Waals surface area contributed by atoms with Gasteiger partial charge >= 0.3 is 8.93 Å². The zero-order valence-electron chi connectivity index (χ0n) is 28.5. The third kappa shape index (κ3) is 30.8. The van der Waals surface area contributed by atoms with Gasteiger partial charge in [0.1, 0.15) is 0 Å². The summed E-state index contributed by atoms with van der Waals surface area (Å²) in [5, 5.41) is 14.8. The maximum absolute atomic E-state index is 9.78. The monoisotopic (exact) mass is 746 g/mol. The first-order valence-corrected chi connectivity index (χ1v) is 18.0. The first-order chi connectivity index (χ1) is 21.1. The zero-order chi connectivity index (χ0) is 34.4. The van der Waals surface area contributed by atoms with E-state index >= 15 is 0 Å². The molecule has 0 amide bonds. The SMILES string of the molecule is C.C.C.C.C.C.CC(C)(C)c1ccc([S+](c2ccccc2)c2ccccc2)cc1.CC(C)C.CC(C)c1ccccc1.CO[Si](C)=O.O=[N+]([O-])[O-]. The molecule has 0 fully saturated rings. The van der Waals surface area contributed by atoms with Crippen molar-refractivity contribution in [3.8, 4) is 0 Å². The highest BCUT2D eigenvalue weighted by atomic mass is 32.2. The Morgan fingerprint density at radius 1 is 0.608 bits per heavy atom. The van der Waals surface area contributed by atoms with Crippen LogP contribution >= 0.6 is 0 Å². The minimum atomic E-state index is -1.75. The van der Waals surface area contributed by atoms with Crippen LogP contribution in [-0.4, -0.2) is 21.1 Å². The number of rotatable bonds is 5. The molecule has 0 saturated heterocycles. The van der Waals surface area contributed by atoms with Crippen LogP contribution in [0.2, 0.25) is 6.55 Å². The molecule has 4 aromatic carbocycles. The lowest BCUT2D eigenvalue weighted by molar-refractivity contribution is -0.402. The molecule has 0 spiro atoms.